The lowest BCUT2D eigenvalue weighted by molar-refractivity contribution is 0.0420. The highest BCUT2D eigenvalue weighted by Crippen LogP contribution is 2.26. The minimum atomic E-state index is 0.0131. The number of carbonyl (C=O) groups is 1. The van der Waals surface area contributed by atoms with E-state index in [1.807, 2.05) is 24.0 Å². The van der Waals surface area contributed by atoms with Gasteiger partial charge in [0, 0.05) is 26.1 Å². The predicted molar refractivity (Wildman–Crippen MR) is 75.7 cm³/mol. The van der Waals surface area contributed by atoms with Gasteiger partial charge in [-0.25, -0.2) is 0 Å². The largest absolute Gasteiger partial charge is 0.383 e. The van der Waals surface area contributed by atoms with Gasteiger partial charge in [-0.15, -0.1) is 0 Å². The van der Waals surface area contributed by atoms with Crippen molar-refractivity contribution in [2.75, 3.05) is 27.4 Å². The summed E-state index contributed by atoms with van der Waals surface area (Å²) in [6.07, 6.45) is 3.55. The van der Waals surface area contributed by atoms with Crippen LogP contribution in [0.2, 0.25) is 0 Å². The van der Waals surface area contributed by atoms with Crippen molar-refractivity contribution >= 4 is 5.91 Å². The quantitative estimate of drug-likeness (QED) is 0.822. The molecule has 1 saturated heterocycles. The number of aromatic nitrogens is 1. The molecule has 0 aromatic carbocycles. The summed E-state index contributed by atoms with van der Waals surface area (Å²) in [7, 11) is 3.33. The third-order valence-corrected chi connectivity index (χ3v) is 3.73. The van der Waals surface area contributed by atoms with E-state index in [0.29, 0.717) is 18.8 Å². The molecule has 5 heteroatoms. The van der Waals surface area contributed by atoms with E-state index >= 15 is 0 Å². The first-order chi connectivity index (χ1) is 9.67. The number of aryl methyl sites for hydroxylation is 1. The zero-order valence-electron chi connectivity index (χ0n) is 12.3. The highest BCUT2D eigenvalue weighted by atomic mass is 16.5. The SMILES string of the molecule is COC[C@H]1CC[C@H](COC)N1C(=O)c1ccc(C)nc1. The van der Waals surface area contributed by atoms with E-state index in [0.717, 1.165) is 18.5 Å². The van der Waals surface area contributed by atoms with E-state index in [1.165, 1.54) is 0 Å². The Morgan fingerprint density at radius 2 is 1.85 bits per heavy atom. The number of hydrogen-bond acceptors (Lipinski definition) is 4. The second kappa shape index (κ2) is 6.81. The van der Waals surface area contributed by atoms with Gasteiger partial charge in [-0.2, -0.15) is 0 Å². The molecule has 20 heavy (non-hydrogen) atoms. The maximum atomic E-state index is 12.7. The van der Waals surface area contributed by atoms with Crippen LogP contribution in [0, 0.1) is 6.92 Å². The van der Waals surface area contributed by atoms with E-state index < -0.39 is 0 Å². The average molecular weight is 278 g/mol. The van der Waals surface area contributed by atoms with E-state index in [-0.39, 0.29) is 18.0 Å². The van der Waals surface area contributed by atoms with Crippen LogP contribution in [0.25, 0.3) is 0 Å². The van der Waals surface area contributed by atoms with E-state index in [4.69, 9.17) is 9.47 Å². The Morgan fingerprint density at radius 1 is 1.25 bits per heavy atom. The third kappa shape index (κ3) is 3.16. The molecule has 0 spiro atoms. The number of hydrogen-bond donors (Lipinski definition) is 0. The molecule has 1 amide bonds. The molecule has 0 unspecified atom stereocenters. The number of amides is 1. The molecule has 5 nitrogen and oxygen atoms in total. The lowest BCUT2D eigenvalue weighted by atomic mass is 10.2. The summed E-state index contributed by atoms with van der Waals surface area (Å²) < 4.78 is 10.5. The molecular formula is C15H22N2O3. The van der Waals surface area contributed by atoms with Gasteiger partial charge >= 0.3 is 0 Å². The van der Waals surface area contributed by atoms with Crippen molar-refractivity contribution < 1.29 is 14.3 Å². The molecule has 0 bridgehead atoms. The Balaban J connectivity index is 2.19. The minimum absolute atomic E-state index is 0.0131. The first-order valence-corrected chi connectivity index (χ1v) is 6.90. The molecule has 2 heterocycles. The maximum absolute atomic E-state index is 12.7. The molecule has 0 aliphatic carbocycles. The van der Waals surface area contributed by atoms with Crippen molar-refractivity contribution in [3.05, 3.63) is 29.6 Å². The molecule has 2 rings (SSSR count). The van der Waals surface area contributed by atoms with Gasteiger partial charge in [-0.05, 0) is 31.9 Å². The third-order valence-electron chi connectivity index (χ3n) is 3.73. The summed E-state index contributed by atoms with van der Waals surface area (Å²) in [6.45, 7) is 3.03. The van der Waals surface area contributed by atoms with Crippen LogP contribution in [0.15, 0.2) is 18.3 Å². The highest BCUT2D eigenvalue weighted by Gasteiger charge is 2.37. The Bertz CT molecular complexity index is 433. The molecule has 1 aliphatic heterocycles. The summed E-state index contributed by atoms with van der Waals surface area (Å²) >= 11 is 0. The molecule has 0 saturated carbocycles. The predicted octanol–water partition coefficient (Wildman–Crippen LogP) is 1.66. The van der Waals surface area contributed by atoms with Gasteiger partial charge < -0.3 is 14.4 Å². The van der Waals surface area contributed by atoms with Gasteiger partial charge in [0.25, 0.3) is 5.91 Å². The fourth-order valence-electron chi connectivity index (χ4n) is 2.75. The number of nitrogens with zero attached hydrogens (tertiary/aromatic N) is 2. The molecule has 2 atom stereocenters. The van der Waals surface area contributed by atoms with Crippen LogP contribution in [-0.4, -0.2) is 55.3 Å². The zero-order chi connectivity index (χ0) is 14.5. The summed E-state index contributed by atoms with van der Waals surface area (Å²) in [5, 5.41) is 0. The van der Waals surface area contributed by atoms with Gasteiger partial charge in [-0.3, -0.25) is 9.78 Å². The van der Waals surface area contributed by atoms with Crippen LogP contribution in [0.5, 0.6) is 0 Å². The number of pyridine rings is 1. The van der Waals surface area contributed by atoms with Crippen molar-refractivity contribution in [3.63, 3.8) is 0 Å². The number of likely N-dealkylation sites (tertiary alicyclic amines) is 1. The smallest absolute Gasteiger partial charge is 0.256 e. The van der Waals surface area contributed by atoms with Crippen LogP contribution in [0.1, 0.15) is 28.9 Å². The summed E-state index contributed by atoms with van der Waals surface area (Å²) in [4.78, 5) is 18.8. The lowest BCUT2D eigenvalue weighted by Crippen LogP contribution is -2.44. The average Bonchev–Trinajstić information content (AvgIpc) is 2.83. The van der Waals surface area contributed by atoms with Gasteiger partial charge in [-0.1, -0.05) is 0 Å². The van der Waals surface area contributed by atoms with Crippen molar-refractivity contribution in [2.24, 2.45) is 0 Å². The van der Waals surface area contributed by atoms with Crippen molar-refractivity contribution in [2.45, 2.75) is 31.8 Å². The topological polar surface area (TPSA) is 51.7 Å². The highest BCUT2D eigenvalue weighted by molar-refractivity contribution is 5.94. The number of ether oxygens (including phenoxy) is 2. The molecule has 1 fully saturated rings. The fourth-order valence-corrected chi connectivity index (χ4v) is 2.75. The van der Waals surface area contributed by atoms with Crippen LogP contribution in [0.4, 0.5) is 0 Å². The van der Waals surface area contributed by atoms with E-state index in [1.54, 1.807) is 20.4 Å². The van der Waals surface area contributed by atoms with Crippen molar-refractivity contribution in [1.82, 2.24) is 9.88 Å². The van der Waals surface area contributed by atoms with Gasteiger partial charge in [0.1, 0.15) is 0 Å². The molecule has 1 aliphatic rings. The van der Waals surface area contributed by atoms with Crippen LogP contribution in [-0.2, 0) is 9.47 Å². The second-order valence-electron chi connectivity index (χ2n) is 5.20. The first-order valence-electron chi connectivity index (χ1n) is 6.90. The lowest BCUT2D eigenvalue weighted by Gasteiger charge is -2.29. The van der Waals surface area contributed by atoms with Crippen molar-refractivity contribution in [1.29, 1.82) is 0 Å². The Hall–Kier alpha value is -1.46. The first kappa shape index (κ1) is 14.9. The van der Waals surface area contributed by atoms with Gasteiger partial charge in [0.05, 0.1) is 30.9 Å². The van der Waals surface area contributed by atoms with Crippen LogP contribution in [0.3, 0.4) is 0 Å². The standard InChI is InChI=1S/C15H22N2O3/c1-11-4-5-12(8-16-11)15(18)17-13(9-19-2)6-7-14(17)10-20-3/h4-5,8,13-14H,6-7,9-10H2,1-3H3/t13-,14-/m1/s1. The van der Waals surface area contributed by atoms with Gasteiger partial charge in [0.2, 0.25) is 0 Å². The molecule has 110 valence electrons. The maximum Gasteiger partial charge on any atom is 0.256 e. The van der Waals surface area contributed by atoms with Gasteiger partial charge in [0.15, 0.2) is 0 Å². The zero-order valence-corrected chi connectivity index (χ0v) is 12.3. The summed E-state index contributed by atoms with van der Waals surface area (Å²) in [6, 6.07) is 3.93. The number of carbonyl (C=O) groups excluding carboxylic acids is 1. The second-order valence-corrected chi connectivity index (χ2v) is 5.20. The molecule has 1 aromatic rings. The molecule has 0 radical (unpaired) electrons. The van der Waals surface area contributed by atoms with E-state index in [2.05, 4.69) is 4.98 Å². The molecular weight excluding hydrogens is 256 g/mol. The van der Waals surface area contributed by atoms with E-state index in [9.17, 15) is 4.79 Å². The number of methoxy groups -OCH3 is 2. The molecule has 0 N–H and O–H groups in total. The Labute approximate surface area is 119 Å². The normalized spacial score (nSPS) is 22.2. The minimum Gasteiger partial charge on any atom is -0.383 e. The van der Waals surface area contributed by atoms with Crippen LogP contribution >= 0.6 is 0 Å². The molecule has 1 aromatic heterocycles. The number of rotatable bonds is 5. The Kier molecular flexibility index (Phi) is 5.09. The fraction of sp³-hybridized carbons (Fsp3) is 0.600. The summed E-state index contributed by atoms with van der Waals surface area (Å²) in [5.74, 6) is 0.0131. The van der Waals surface area contributed by atoms with Crippen LogP contribution < -0.4 is 0 Å². The van der Waals surface area contributed by atoms with Crippen molar-refractivity contribution in [3.8, 4) is 0 Å². The Morgan fingerprint density at radius 3 is 2.30 bits per heavy atom. The summed E-state index contributed by atoms with van der Waals surface area (Å²) in [5.41, 5.74) is 1.53. The monoisotopic (exact) mass is 278 g/mol.